The molecule has 3 heterocycles. The molecule has 0 atom stereocenters. The Bertz CT molecular complexity index is 811. The maximum Gasteiger partial charge on any atom is 0.262 e. The molecule has 0 bridgehead atoms. The van der Waals surface area contributed by atoms with Gasteiger partial charge >= 0.3 is 0 Å². The lowest BCUT2D eigenvalue weighted by atomic mass is 10.2. The molecule has 7 nitrogen and oxygen atoms in total. The summed E-state index contributed by atoms with van der Waals surface area (Å²) in [6.07, 6.45) is 5.98. The van der Waals surface area contributed by atoms with E-state index in [1.807, 2.05) is 19.2 Å². The maximum atomic E-state index is 12.8. The van der Waals surface area contributed by atoms with Crippen LogP contribution in [-0.2, 0) is 17.1 Å². The van der Waals surface area contributed by atoms with E-state index in [-0.39, 0.29) is 5.03 Å². The molecule has 1 aliphatic rings. The van der Waals surface area contributed by atoms with Gasteiger partial charge in [0.1, 0.15) is 5.82 Å². The molecule has 0 unspecified atom stereocenters. The third-order valence-electron chi connectivity index (χ3n) is 4.48. The minimum absolute atomic E-state index is 0.135. The number of hydrogen-bond donors (Lipinski definition) is 0. The summed E-state index contributed by atoms with van der Waals surface area (Å²) < 4.78 is 29.0. The highest BCUT2D eigenvalue weighted by molar-refractivity contribution is 7.89. The number of aryl methyl sites for hydroxylation is 3. The highest BCUT2D eigenvalue weighted by atomic mass is 32.2. The van der Waals surface area contributed by atoms with Crippen LogP contribution < -0.4 is 4.90 Å². The standard InChI is InChI=1S/C16H23N5O2S/c1-13-11-17-6-5-15(13)20-7-4-8-21(10-9-20)24(22,23)16-12-19(3)14(2)18-16/h5-6,11-12H,4,7-10H2,1-3H3. The van der Waals surface area contributed by atoms with Gasteiger partial charge in [0.15, 0.2) is 5.03 Å². The Labute approximate surface area is 143 Å². The number of imidazole rings is 1. The molecule has 1 saturated heterocycles. The predicted octanol–water partition coefficient (Wildman–Crippen LogP) is 1.33. The lowest BCUT2D eigenvalue weighted by molar-refractivity contribution is 0.431. The van der Waals surface area contributed by atoms with Crippen molar-refractivity contribution < 1.29 is 8.42 Å². The fraction of sp³-hybridized carbons (Fsp3) is 0.500. The van der Waals surface area contributed by atoms with E-state index in [4.69, 9.17) is 0 Å². The van der Waals surface area contributed by atoms with Crippen molar-refractivity contribution in [2.75, 3.05) is 31.1 Å². The second kappa shape index (κ2) is 6.52. The van der Waals surface area contributed by atoms with Gasteiger partial charge in [-0.25, -0.2) is 13.4 Å². The minimum Gasteiger partial charge on any atom is -0.370 e. The largest absolute Gasteiger partial charge is 0.370 e. The highest BCUT2D eigenvalue weighted by Gasteiger charge is 2.29. The number of anilines is 1. The highest BCUT2D eigenvalue weighted by Crippen LogP contribution is 2.22. The van der Waals surface area contributed by atoms with Crippen molar-refractivity contribution in [2.24, 2.45) is 7.05 Å². The summed E-state index contributed by atoms with van der Waals surface area (Å²) in [5, 5.41) is 0.135. The van der Waals surface area contributed by atoms with Gasteiger partial charge < -0.3 is 9.47 Å². The first-order valence-electron chi connectivity index (χ1n) is 8.05. The average Bonchev–Trinajstić information content (AvgIpc) is 2.77. The molecule has 8 heteroatoms. The summed E-state index contributed by atoms with van der Waals surface area (Å²) >= 11 is 0. The van der Waals surface area contributed by atoms with E-state index in [0.717, 1.165) is 24.2 Å². The van der Waals surface area contributed by atoms with Crippen molar-refractivity contribution in [3.05, 3.63) is 36.0 Å². The van der Waals surface area contributed by atoms with E-state index in [2.05, 4.69) is 14.9 Å². The normalized spacial score (nSPS) is 17.0. The van der Waals surface area contributed by atoms with E-state index in [1.165, 1.54) is 0 Å². The van der Waals surface area contributed by atoms with Gasteiger partial charge in [0, 0.05) is 57.5 Å². The molecular weight excluding hydrogens is 326 g/mol. The topological polar surface area (TPSA) is 71.3 Å². The number of pyridine rings is 1. The van der Waals surface area contributed by atoms with Crippen LogP contribution in [0, 0.1) is 13.8 Å². The Hall–Kier alpha value is -1.93. The van der Waals surface area contributed by atoms with Crippen LogP contribution in [0.1, 0.15) is 17.8 Å². The van der Waals surface area contributed by atoms with Crippen molar-refractivity contribution >= 4 is 15.7 Å². The zero-order valence-corrected chi connectivity index (χ0v) is 15.1. The van der Waals surface area contributed by atoms with E-state index in [1.54, 1.807) is 35.2 Å². The van der Waals surface area contributed by atoms with Crippen molar-refractivity contribution in [3.63, 3.8) is 0 Å². The van der Waals surface area contributed by atoms with Crippen LogP contribution in [0.2, 0.25) is 0 Å². The van der Waals surface area contributed by atoms with Gasteiger partial charge in [-0.1, -0.05) is 0 Å². The lowest BCUT2D eigenvalue weighted by Gasteiger charge is -2.24. The van der Waals surface area contributed by atoms with Crippen molar-refractivity contribution in [1.29, 1.82) is 0 Å². The monoisotopic (exact) mass is 349 g/mol. The van der Waals surface area contributed by atoms with Gasteiger partial charge in [-0.15, -0.1) is 0 Å². The van der Waals surface area contributed by atoms with Crippen LogP contribution in [0.15, 0.2) is 29.7 Å². The summed E-state index contributed by atoms with van der Waals surface area (Å²) in [4.78, 5) is 10.5. The molecule has 1 aliphatic heterocycles. The fourth-order valence-electron chi connectivity index (χ4n) is 2.98. The number of sulfonamides is 1. The smallest absolute Gasteiger partial charge is 0.262 e. The molecule has 0 spiro atoms. The molecule has 1 fully saturated rings. The van der Waals surface area contributed by atoms with Crippen molar-refractivity contribution in [2.45, 2.75) is 25.3 Å². The third-order valence-corrected chi connectivity index (χ3v) is 6.25. The maximum absolute atomic E-state index is 12.8. The first-order chi connectivity index (χ1) is 11.4. The molecule has 2 aromatic heterocycles. The molecule has 0 radical (unpaired) electrons. The fourth-order valence-corrected chi connectivity index (χ4v) is 4.47. The van der Waals surface area contributed by atoms with Gasteiger partial charge in [0.2, 0.25) is 0 Å². The Kier molecular flexibility index (Phi) is 4.60. The zero-order chi connectivity index (χ0) is 17.3. The van der Waals surface area contributed by atoms with Crippen LogP contribution >= 0.6 is 0 Å². The second-order valence-electron chi connectivity index (χ2n) is 6.14. The lowest BCUT2D eigenvalue weighted by Crippen LogP contribution is -2.35. The Morgan fingerprint density at radius 2 is 1.92 bits per heavy atom. The van der Waals surface area contributed by atoms with Crippen LogP contribution in [0.25, 0.3) is 0 Å². The molecule has 0 N–H and O–H groups in total. The molecule has 2 aromatic rings. The summed E-state index contributed by atoms with van der Waals surface area (Å²) in [7, 11) is -1.74. The van der Waals surface area contributed by atoms with Crippen molar-refractivity contribution in [1.82, 2.24) is 18.8 Å². The SMILES string of the molecule is Cc1cnccc1N1CCCN(S(=O)(=O)c2cn(C)c(C)n2)CC1. The van der Waals surface area contributed by atoms with Crippen LogP contribution in [0.3, 0.4) is 0 Å². The summed E-state index contributed by atoms with van der Waals surface area (Å²) in [6.45, 7) is 6.29. The van der Waals surface area contributed by atoms with Gasteiger partial charge in [-0.3, -0.25) is 4.98 Å². The van der Waals surface area contributed by atoms with Crippen LogP contribution in [-0.4, -0.2) is 53.4 Å². The first-order valence-corrected chi connectivity index (χ1v) is 9.49. The molecule has 0 amide bonds. The molecular formula is C16H23N5O2S. The minimum atomic E-state index is -3.54. The van der Waals surface area contributed by atoms with Gasteiger partial charge in [-0.05, 0) is 31.9 Å². The molecule has 0 aliphatic carbocycles. The number of hydrogen-bond acceptors (Lipinski definition) is 5. The average molecular weight is 349 g/mol. The number of rotatable bonds is 3. The summed E-state index contributed by atoms with van der Waals surface area (Å²) in [5.41, 5.74) is 2.23. The van der Waals surface area contributed by atoms with E-state index < -0.39 is 10.0 Å². The quantitative estimate of drug-likeness (QED) is 0.836. The first kappa shape index (κ1) is 16.9. The predicted molar refractivity (Wildman–Crippen MR) is 92.5 cm³/mol. The van der Waals surface area contributed by atoms with Gasteiger partial charge in [0.05, 0.1) is 0 Å². The summed E-state index contributed by atoms with van der Waals surface area (Å²) in [5.74, 6) is 0.692. The Morgan fingerprint density at radius 1 is 1.12 bits per heavy atom. The summed E-state index contributed by atoms with van der Waals surface area (Å²) in [6, 6.07) is 1.99. The van der Waals surface area contributed by atoms with E-state index in [9.17, 15) is 8.42 Å². The second-order valence-corrected chi connectivity index (χ2v) is 8.03. The molecule has 24 heavy (non-hydrogen) atoms. The number of nitrogens with zero attached hydrogens (tertiary/aromatic N) is 5. The third kappa shape index (κ3) is 3.16. The molecule has 3 rings (SSSR count). The Balaban J connectivity index is 1.79. The van der Waals surface area contributed by atoms with E-state index >= 15 is 0 Å². The van der Waals surface area contributed by atoms with Crippen molar-refractivity contribution in [3.8, 4) is 0 Å². The molecule has 0 aromatic carbocycles. The van der Waals surface area contributed by atoms with Gasteiger partial charge in [0.25, 0.3) is 10.0 Å². The van der Waals surface area contributed by atoms with Crippen LogP contribution in [0.5, 0.6) is 0 Å². The molecule has 130 valence electrons. The van der Waals surface area contributed by atoms with Gasteiger partial charge in [-0.2, -0.15) is 4.31 Å². The van der Waals surface area contributed by atoms with E-state index in [0.29, 0.717) is 25.5 Å². The van der Waals surface area contributed by atoms with Crippen LogP contribution in [0.4, 0.5) is 5.69 Å². The Morgan fingerprint density at radius 3 is 2.58 bits per heavy atom. The molecule has 0 saturated carbocycles. The zero-order valence-electron chi connectivity index (χ0n) is 14.3. The number of aromatic nitrogens is 3.